The zero-order valence-electron chi connectivity index (χ0n) is 10.8. The smallest absolute Gasteiger partial charge is 0.232 e. The summed E-state index contributed by atoms with van der Waals surface area (Å²) in [5.74, 6) is 1.26. The molecular weight excluding hydrogens is 278 g/mol. The lowest BCUT2D eigenvalue weighted by Crippen LogP contribution is -2.37. The number of aromatic nitrogens is 4. The number of hydrogen-bond acceptors (Lipinski definition) is 9. The van der Waals surface area contributed by atoms with Crippen LogP contribution in [-0.2, 0) is 11.3 Å². The van der Waals surface area contributed by atoms with Crippen LogP contribution >= 0.6 is 11.3 Å². The van der Waals surface area contributed by atoms with Crippen molar-refractivity contribution in [2.75, 3.05) is 42.3 Å². The largest absolute Gasteiger partial charge is 0.378 e. The summed E-state index contributed by atoms with van der Waals surface area (Å²) in [7, 11) is 0. The van der Waals surface area contributed by atoms with E-state index in [1.165, 1.54) is 0 Å². The number of morpholine rings is 1. The molecule has 9 heteroatoms. The Kier molecular flexibility index (Phi) is 3.88. The summed E-state index contributed by atoms with van der Waals surface area (Å²) < 4.78 is 5.31. The third-order valence-electron chi connectivity index (χ3n) is 2.85. The molecule has 8 nitrogen and oxygen atoms in total. The molecule has 0 radical (unpaired) electrons. The van der Waals surface area contributed by atoms with Crippen molar-refractivity contribution in [1.82, 2.24) is 19.9 Å². The van der Waals surface area contributed by atoms with Crippen LogP contribution in [0.25, 0.3) is 0 Å². The molecule has 0 aliphatic carbocycles. The molecule has 3 N–H and O–H groups in total. The molecule has 0 unspecified atom stereocenters. The summed E-state index contributed by atoms with van der Waals surface area (Å²) in [4.78, 5) is 18.9. The van der Waals surface area contributed by atoms with E-state index >= 15 is 0 Å². The predicted octanol–water partition coefficient (Wildman–Crippen LogP) is 0.359. The molecule has 0 spiro atoms. The highest BCUT2D eigenvalue weighted by Gasteiger charge is 2.15. The topological polar surface area (TPSA) is 102 Å². The second-order valence-corrected chi connectivity index (χ2v) is 4.97. The fourth-order valence-corrected chi connectivity index (χ4v) is 2.42. The van der Waals surface area contributed by atoms with Gasteiger partial charge in [0.2, 0.25) is 17.8 Å². The first-order valence-corrected chi connectivity index (χ1v) is 7.21. The zero-order chi connectivity index (χ0) is 13.8. The predicted molar refractivity (Wildman–Crippen MR) is 76.7 cm³/mol. The molecule has 3 heterocycles. The van der Waals surface area contributed by atoms with Crippen molar-refractivity contribution in [3.8, 4) is 0 Å². The average Bonchev–Trinajstić information content (AvgIpc) is 2.99. The first-order valence-electron chi connectivity index (χ1n) is 6.26. The lowest BCUT2D eigenvalue weighted by atomic mass is 10.4. The molecule has 20 heavy (non-hydrogen) atoms. The maximum absolute atomic E-state index is 5.74. The minimum Gasteiger partial charge on any atom is -0.378 e. The van der Waals surface area contributed by atoms with E-state index in [9.17, 15) is 0 Å². The van der Waals surface area contributed by atoms with E-state index in [0.29, 0.717) is 31.7 Å². The minimum absolute atomic E-state index is 0.210. The second kappa shape index (κ2) is 5.97. The summed E-state index contributed by atoms with van der Waals surface area (Å²) in [5, 5.41) is 5.08. The van der Waals surface area contributed by atoms with Crippen LogP contribution in [0.4, 0.5) is 17.8 Å². The van der Waals surface area contributed by atoms with Crippen LogP contribution in [0.5, 0.6) is 0 Å². The number of anilines is 3. The monoisotopic (exact) mass is 293 g/mol. The van der Waals surface area contributed by atoms with E-state index < -0.39 is 0 Å². The van der Waals surface area contributed by atoms with E-state index in [4.69, 9.17) is 10.5 Å². The Balaban J connectivity index is 1.72. The van der Waals surface area contributed by atoms with Crippen molar-refractivity contribution >= 4 is 29.2 Å². The third kappa shape index (κ3) is 3.11. The standard InChI is InChI=1S/C11H15N7OS/c12-9-15-10(13-5-8-6-20-7-14-8)17-11(16-9)18-1-3-19-4-2-18/h6-7H,1-5H2,(H3,12,13,15,16,17). The van der Waals surface area contributed by atoms with Crippen LogP contribution in [0.1, 0.15) is 5.69 Å². The van der Waals surface area contributed by atoms with Gasteiger partial charge in [0.15, 0.2) is 0 Å². The number of rotatable bonds is 4. The molecule has 1 fully saturated rings. The Hall–Kier alpha value is -2.00. The molecule has 3 rings (SSSR count). The van der Waals surface area contributed by atoms with Gasteiger partial charge in [0.1, 0.15) is 0 Å². The van der Waals surface area contributed by atoms with Crippen LogP contribution in [-0.4, -0.2) is 46.2 Å². The lowest BCUT2D eigenvalue weighted by Gasteiger charge is -2.26. The van der Waals surface area contributed by atoms with Gasteiger partial charge in [-0.15, -0.1) is 11.3 Å². The number of nitrogens with one attached hydrogen (secondary N) is 1. The van der Waals surface area contributed by atoms with Crippen molar-refractivity contribution < 1.29 is 4.74 Å². The van der Waals surface area contributed by atoms with Crippen LogP contribution in [0.15, 0.2) is 10.9 Å². The number of nitrogens with zero attached hydrogens (tertiary/aromatic N) is 5. The molecule has 106 valence electrons. The summed E-state index contributed by atoms with van der Waals surface area (Å²) in [5.41, 5.74) is 8.48. The van der Waals surface area contributed by atoms with Gasteiger partial charge >= 0.3 is 0 Å². The first-order chi connectivity index (χ1) is 9.81. The highest BCUT2D eigenvalue weighted by molar-refractivity contribution is 7.07. The van der Waals surface area contributed by atoms with Gasteiger partial charge in [-0.2, -0.15) is 15.0 Å². The fourth-order valence-electron chi connectivity index (χ4n) is 1.86. The van der Waals surface area contributed by atoms with Gasteiger partial charge in [0, 0.05) is 18.5 Å². The van der Waals surface area contributed by atoms with Crippen LogP contribution in [0.3, 0.4) is 0 Å². The molecule has 2 aromatic rings. The Morgan fingerprint density at radius 3 is 2.90 bits per heavy atom. The number of ether oxygens (including phenoxy) is 1. The van der Waals surface area contributed by atoms with Gasteiger partial charge < -0.3 is 20.7 Å². The minimum atomic E-state index is 0.210. The van der Waals surface area contributed by atoms with Gasteiger partial charge in [-0.1, -0.05) is 0 Å². The molecule has 0 amide bonds. The fraction of sp³-hybridized carbons (Fsp3) is 0.455. The Labute approximate surface area is 120 Å². The molecule has 0 bridgehead atoms. The van der Waals surface area contributed by atoms with Crippen molar-refractivity contribution in [2.24, 2.45) is 0 Å². The Bertz CT molecular complexity index is 556. The molecule has 0 atom stereocenters. The number of hydrogen-bond donors (Lipinski definition) is 2. The van der Waals surface area contributed by atoms with Gasteiger partial charge in [0.05, 0.1) is 31.0 Å². The summed E-state index contributed by atoms with van der Waals surface area (Å²) >= 11 is 1.55. The van der Waals surface area contributed by atoms with E-state index in [0.717, 1.165) is 18.8 Å². The van der Waals surface area contributed by atoms with Gasteiger partial charge in [-0.3, -0.25) is 0 Å². The highest BCUT2D eigenvalue weighted by Crippen LogP contribution is 2.14. The summed E-state index contributed by atoms with van der Waals surface area (Å²) in [6.07, 6.45) is 0. The molecule has 1 aliphatic rings. The second-order valence-electron chi connectivity index (χ2n) is 4.25. The van der Waals surface area contributed by atoms with Crippen molar-refractivity contribution in [1.29, 1.82) is 0 Å². The summed E-state index contributed by atoms with van der Waals surface area (Å²) in [6, 6.07) is 0. The van der Waals surface area contributed by atoms with E-state index in [2.05, 4.69) is 25.3 Å². The summed E-state index contributed by atoms with van der Waals surface area (Å²) in [6.45, 7) is 3.43. The maximum atomic E-state index is 5.74. The van der Waals surface area contributed by atoms with Gasteiger partial charge in [-0.05, 0) is 0 Å². The molecule has 0 saturated carbocycles. The van der Waals surface area contributed by atoms with Gasteiger partial charge in [0.25, 0.3) is 0 Å². The molecule has 0 aromatic carbocycles. The van der Waals surface area contributed by atoms with Gasteiger partial charge in [-0.25, -0.2) is 4.98 Å². The number of thiazole rings is 1. The normalized spacial score (nSPS) is 15.3. The third-order valence-corrected chi connectivity index (χ3v) is 3.48. The number of nitrogen functional groups attached to an aromatic ring is 1. The van der Waals surface area contributed by atoms with Crippen molar-refractivity contribution in [3.05, 3.63) is 16.6 Å². The van der Waals surface area contributed by atoms with E-state index in [1.807, 2.05) is 10.3 Å². The van der Waals surface area contributed by atoms with Crippen LogP contribution in [0, 0.1) is 0 Å². The lowest BCUT2D eigenvalue weighted by molar-refractivity contribution is 0.122. The Morgan fingerprint density at radius 2 is 2.15 bits per heavy atom. The molecular formula is C11H15N7OS. The SMILES string of the molecule is Nc1nc(NCc2cscn2)nc(N2CCOCC2)n1. The average molecular weight is 293 g/mol. The first kappa shape index (κ1) is 13.0. The van der Waals surface area contributed by atoms with E-state index in [-0.39, 0.29) is 5.95 Å². The Morgan fingerprint density at radius 1 is 1.30 bits per heavy atom. The number of nitrogens with two attached hydrogens (primary N) is 1. The zero-order valence-corrected chi connectivity index (χ0v) is 11.6. The molecule has 2 aromatic heterocycles. The quantitative estimate of drug-likeness (QED) is 0.833. The van der Waals surface area contributed by atoms with E-state index in [1.54, 1.807) is 16.8 Å². The maximum Gasteiger partial charge on any atom is 0.232 e. The van der Waals surface area contributed by atoms with Crippen LogP contribution in [0.2, 0.25) is 0 Å². The molecule has 1 saturated heterocycles. The van der Waals surface area contributed by atoms with Crippen molar-refractivity contribution in [2.45, 2.75) is 6.54 Å². The molecule has 1 aliphatic heterocycles. The van der Waals surface area contributed by atoms with Crippen molar-refractivity contribution in [3.63, 3.8) is 0 Å². The van der Waals surface area contributed by atoms with Crippen LogP contribution < -0.4 is 16.0 Å². The highest BCUT2D eigenvalue weighted by atomic mass is 32.1.